The van der Waals surface area contributed by atoms with Gasteiger partial charge in [0.05, 0.1) is 10.2 Å². The SMILES string of the molecule is Fc1nc(-c2ccccc2)ccc1Br. The highest BCUT2D eigenvalue weighted by Crippen LogP contribution is 2.20. The molecule has 0 atom stereocenters. The van der Waals surface area contributed by atoms with Crippen molar-refractivity contribution in [3.05, 3.63) is 52.9 Å². The van der Waals surface area contributed by atoms with Gasteiger partial charge in [0.1, 0.15) is 0 Å². The molecule has 70 valence electrons. The molecule has 0 spiro atoms. The van der Waals surface area contributed by atoms with Crippen molar-refractivity contribution in [3.63, 3.8) is 0 Å². The summed E-state index contributed by atoms with van der Waals surface area (Å²) in [5, 5.41) is 0. The van der Waals surface area contributed by atoms with Crippen LogP contribution in [0.25, 0.3) is 11.3 Å². The number of nitrogens with zero attached hydrogens (tertiary/aromatic N) is 1. The molecule has 0 unspecified atom stereocenters. The lowest BCUT2D eigenvalue weighted by molar-refractivity contribution is 0.578. The van der Waals surface area contributed by atoms with Gasteiger partial charge in [0, 0.05) is 5.56 Å². The van der Waals surface area contributed by atoms with Gasteiger partial charge in [-0.25, -0.2) is 4.98 Å². The van der Waals surface area contributed by atoms with Gasteiger partial charge in [0.2, 0.25) is 5.95 Å². The molecular weight excluding hydrogens is 245 g/mol. The van der Waals surface area contributed by atoms with E-state index in [1.807, 2.05) is 30.3 Å². The molecule has 0 aliphatic rings. The molecule has 3 heteroatoms. The van der Waals surface area contributed by atoms with Crippen LogP contribution in [0.15, 0.2) is 46.9 Å². The molecule has 14 heavy (non-hydrogen) atoms. The highest BCUT2D eigenvalue weighted by molar-refractivity contribution is 9.10. The number of halogens is 2. The van der Waals surface area contributed by atoms with Crippen LogP contribution in [-0.2, 0) is 0 Å². The van der Waals surface area contributed by atoms with E-state index < -0.39 is 5.95 Å². The molecule has 0 aliphatic carbocycles. The van der Waals surface area contributed by atoms with Crippen molar-refractivity contribution in [1.29, 1.82) is 0 Å². The van der Waals surface area contributed by atoms with Gasteiger partial charge in [-0.3, -0.25) is 0 Å². The van der Waals surface area contributed by atoms with E-state index in [0.717, 1.165) is 5.56 Å². The summed E-state index contributed by atoms with van der Waals surface area (Å²) in [5.41, 5.74) is 1.56. The second-order valence-corrected chi connectivity index (χ2v) is 3.69. The Hall–Kier alpha value is -1.22. The largest absolute Gasteiger partial charge is 0.227 e. The van der Waals surface area contributed by atoms with Crippen LogP contribution in [0.4, 0.5) is 4.39 Å². The second-order valence-electron chi connectivity index (χ2n) is 2.84. The van der Waals surface area contributed by atoms with Crippen molar-refractivity contribution in [2.45, 2.75) is 0 Å². The Morgan fingerprint density at radius 1 is 1.00 bits per heavy atom. The summed E-state index contributed by atoms with van der Waals surface area (Å²) < 4.78 is 13.5. The fraction of sp³-hybridized carbons (Fsp3) is 0. The van der Waals surface area contributed by atoms with Gasteiger partial charge in [0.25, 0.3) is 0 Å². The summed E-state index contributed by atoms with van der Waals surface area (Å²) in [6, 6.07) is 12.9. The number of rotatable bonds is 1. The van der Waals surface area contributed by atoms with Gasteiger partial charge in [-0.2, -0.15) is 4.39 Å². The van der Waals surface area contributed by atoms with Crippen molar-refractivity contribution < 1.29 is 4.39 Å². The Kier molecular flexibility index (Phi) is 2.59. The molecule has 2 rings (SSSR count). The van der Waals surface area contributed by atoms with Gasteiger partial charge >= 0.3 is 0 Å². The molecule has 1 aromatic heterocycles. The minimum Gasteiger partial charge on any atom is -0.219 e. The van der Waals surface area contributed by atoms with Crippen LogP contribution in [-0.4, -0.2) is 4.98 Å². The number of benzene rings is 1. The first-order valence-electron chi connectivity index (χ1n) is 4.15. The zero-order chi connectivity index (χ0) is 9.97. The van der Waals surface area contributed by atoms with E-state index in [9.17, 15) is 4.39 Å². The summed E-state index contributed by atoms with van der Waals surface area (Å²) in [6.45, 7) is 0. The van der Waals surface area contributed by atoms with Crippen LogP contribution >= 0.6 is 15.9 Å². The fourth-order valence-corrected chi connectivity index (χ4v) is 1.41. The third-order valence-corrected chi connectivity index (χ3v) is 2.46. The topological polar surface area (TPSA) is 12.9 Å². The summed E-state index contributed by atoms with van der Waals surface area (Å²) in [4.78, 5) is 3.83. The molecule has 0 amide bonds. The zero-order valence-corrected chi connectivity index (χ0v) is 8.83. The summed E-state index contributed by atoms with van der Waals surface area (Å²) in [7, 11) is 0. The minimum absolute atomic E-state index is 0.386. The second kappa shape index (κ2) is 3.88. The summed E-state index contributed by atoms with van der Waals surface area (Å²) in [5.74, 6) is -0.480. The average Bonchev–Trinajstić information content (AvgIpc) is 2.23. The molecule has 1 heterocycles. The number of hydrogen-bond acceptors (Lipinski definition) is 1. The average molecular weight is 252 g/mol. The molecular formula is C11H7BrFN. The Bertz CT molecular complexity index is 442. The lowest BCUT2D eigenvalue weighted by Gasteiger charge is -2.00. The van der Waals surface area contributed by atoms with E-state index in [1.54, 1.807) is 12.1 Å². The molecule has 0 bridgehead atoms. The van der Waals surface area contributed by atoms with Crippen molar-refractivity contribution in [3.8, 4) is 11.3 Å². The summed E-state index contributed by atoms with van der Waals surface area (Å²) in [6.07, 6.45) is 0. The van der Waals surface area contributed by atoms with Gasteiger partial charge in [-0.15, -0.1) is 0 Å². The minimum atomic E-state index is -0.480. The summed E-state index contributed by atoms with van der Waals surface area (Å²) >= 11 is 3.06. The first kappa shape index (κ1) is 9.34. The normalized spacial score (nSPS) is 10.1. The highest BCUT2D eigenvalue weighted by Gasteiger charge is 2.03. The maximum atomic E-state index is 13.1. The number of pyridine rings is 1. The first-order chi connectivity index (χ1) is 6.77. The van der Waals surface area contributed by atoms with Crippen molar-refractivity contribution in [2.75, 3.05) is 0 Å². The van der Waals surface area contributed by atoms with Crippen LogP contribution in [0.5, 0.6) is 0 Å². The van der Waals surface area contributed by atoms with Crippen LogP contribution in [0, 0.1) is 5.95 Å². The number of hydrogen-bond donors (Lipinski definition) is 0. The van der Waals surface area contributed by atoms with Gasteiger partial charge < -0.3 is 0 Å². The van der Waals surface area contributed by atoms with E-state index >= 15 is 0 Å². The quantitative estimate of drug-likeness (QED) is 0.706. The van der Waals surface area contributed by atoms with E-state index in [4.69, 9.17) is 0 Å². The third kappa shape index (κ3) is 1.82. The third-order valence-electron chi connectivity index (χ3n) is 1.87. The molecule has 1 nitrogen and oxygen atoms in total. The van der Waals surface area contributed by atoms with E-state index in [-0.39, 0.29) is 0 Å². The van der Waals surface area contributed by atoms with Gasteiger partial charge in [-0.1, -0.05) is 30.3 Å². The Balaban J connectivity index is 2.48. The zero-order valence-electron chi connectivity index (χ0n) is 7.24. The monoisotopic (exact) mass is 251 g/mol. The van der Waals surface area contributed by atoms with Gasteiger partial charge in [-0.05, 0) is 28.1 Å². The molecule has 0 saturated carbocycles. The van der Waals surface area contributed by atoms with Crippen molar-refractivity contribution in [2.24, 2.45) is 0 Å². The standard InChI is InChI=1S/C11H7BrFN/c12-9-6-7-10(14-11(9)13)8-4-2-1-3-5-8/h1-7H. The highest BCUT2D eigenvalue weighted by atomic mass is 79.9. The van der Waals surface area contributed by atoms with Crippen molar-refractivity contribution in [1.82, 2.24) is 4.98 Å². The van der Waals surface area contributed by atoms with Crippen LogP contribution in [0.1, 0.15) is 0 Å². The Morgan fingerprint density at radius 3 is 2.36 bits per heavy atom. The molecule has 1 aromatic carbocycles. The molecule has 0 fully saturated rings. The lowest BCUT2D eigenvalue weighted by atomic mass is 10.1. The maximum Gasteiger partial charge on any atom is 0.227 e. The molecule has 2 aromatic rings. The van der Waals surface area contributed by atoms with Gasteiger partial charge in [0.15, 0.2) is 0 Å². The predicted molar refractivity (Wildman–Crippen MR) is 57.3 cm³/mol. The van der Waals surface area contributed by atoms with Crippen molar-refractivity contribution >= 4 is 15.9 Å². The van der Waals surface area contributed by atoms with E-state index in [2.05, 4.69) is 20.9 Å². The molecule has 0 aliphatic heterocycles. The number of aromatic nitrogens is 1. The molecule has 0 N–H and O–H groups in total. The Labute approximate surface area is 89.7 Å². The lowest BCUT2D eigenvalue weighted by Crippen LogP contribution is -1.88. The molecule has 0 radical (unpaired) electrons. The fourth-order valence-electron chi connectivity index (χ4n) is 1.19. The van der Waals surface area contributed by atoms with Crippen LogP contribution in [0.2, 0.25) is 0 Å². The first-order valence-corrected chi connectivity index (χ1v) is 4.94. The Morgan fingerprint density at radius 2 is 1.71 bits per heavy atom. The van der Waals surface area contributed by atoms with E-state index in [0.29, 0.717) is 10.2 Å². The van der Waals surface area contributed by atoms with E-state index in [1.165, 1.54) is 0 Å². The smallest absolute Gasteiger partial charge is 0.219 e. The predicted octanol–water partition coefficient (Wildman–Crippen LogP) is 3.65. The van der Waals surface area contributed by atoms with Crippen LogP contribution in [0.3, 0.4) is 0 Å². The maximum absolute atomic E-state index is 13.1. The molecule has 0 saturated heterocycles. The van der Waals surface area contributed by atoms with Crippen LogP contribution < -0.4 is 0 Å².